The fourth-order valence-electron chi connectivity index (χ4n) is 2.63. The number of H-pyrrole nitrogens is 1. The van der Waals surface area contributed by atoms with Gasteiger partial charge in [0.25, 0.3) is 0 Å². The Balaban J connectivity index is 0.00000200. The van der Waals surface area contributed by atoms with Crippen LogP contribution in [0.4, 0.5) is 0 Å². The van der Waals surface area contributed by atoms with Crippen molar-refractivity contribution in [2.45, 2.75) is 58.0 Å². The van der Waals surface area contributed by atoms with E-state index in [4.69, 9.17) is 17.3 Å². The van der Waals surface area contributed by atoms with Gasteiger partial charge in [-0.2, -0.15) is 0 Å². The number of likely N-dealkylation sites (tertiary alicyclic amines) is 1. The number of imidazole rings is 1. The zero-order valence-electron chi connectivity index (χ0n) is 12.6. The average molecular weight is 358 g/mol. The number of aromatic amines is 1. The Morgan fingerprint density at radius 1 is 1.38 bits per heavy atom. The summed E-state index contributed by atoms with van der Waals surface area (Å²) >= 11 is 6.22. The third-order valence-corrected chi connectivity index (χ3v) is 4.03. The summed E-state index contributed by atoms with van der Waals surface area (Å²) < 4.78 is 0. The van der Waals surface area contributed by atoms with E-state index in [1.165, 1.54) is 19.3 Å². The van der Waals surface area contributed by atoms with E-state index in [0.717, 1.165) is 50.4 Å². The summed E-state index contributed by atoms with van der Waals surface area (Å²) in [6, 6.07) is 0.295. The second kappa shape index (κ2) is 10.7. The third-order valence-electron chi connectivity index (χ3n) is 3.72. The van der Waals surface area contributed by atoms with E-state index in [-0.39, 0.29) is 24.8 Å². The van der Waals surface area contributed by atoms with E-state index in [1.54, 1.807) is 0 Å². The van der Waals surface area contributed by atoms with Crippen LogP contribution in [0.2, 0.25) is 5.15 Å². The number of hydrogen-bond donors (Lipinski definition) is 2. The van der Waals surface area contributed by atoms with E-state index in [1.807, 2.05) is 0 Å². The van der Waals surface area contributed by atoms with E-state index in [9.17, 15) is 0 Å². The molecular weight excluding hydrogens is 331 g/mol. The molecule has 1 aromatic rings. The van der Waals surface area contributed by atoms with Crippen molar-refractivity contribution >= 4 is 36.4 Å². The maximum atomic E-state index is 6.22. The van der Waals surface area contributed by atoms with Crippen molar-refractivity contribution in [3.05, 3.63) is 16.7 Å². The highest BCUT2D eigenvalue weighted by Gasteiger charge is 2.17. The van der Waals surface area contributed by atoms with Gasteiger partial charge in [-0.05, 0) is 25.8 Å². The smallest absolute Gasteiger partial charge is 0.151 e. The van der Waals surface area contributed by atoms with Crippen molar-refractivity contribution < 1.29 is 0 Å². The molecule has 1 aliphatic heterocycles. The van der Waals surface area contributed by atoms with E-state index < -0.39 is 0 Å². The normalized spacial score (nSPS) is 19.5. The largest absolute Gasteiger partial charge is 0.344 e. The SMILES string of the molecule is CCCCc1nc(Cl)c(CN2CCCCC(N)C2)[nH]1.Cl.Cl. The summed E-state index contributed by atoms with van der Waals surface area (Å²) in [6.45, 7) is 5.09. The van der Waals surface area contributed by atoms with Crippen LogP contribution in [0.3, 0.4) is 0 Å². The fourth-order valence-corrected chi connectivity index (χ4v) is 2.84. The maximum absolute atomic E-state index is 6.22. The Hall–Kier alpha value is -0.000000000000000111. The van der Waals surface area contributed by atoms with Gasteiger partial charge in [0, 0.05) is 25.6 Å². The van der Waals surface area contributed by atoms with Crippen LogP contribution < -0.4 is 5.73 Å². The van der Waals surface area contributed by atoms with Gasteiger partial charge in [0.15, 0.2) is 5.15 Å². The molecule has 3 N–H and O–H groups in total. The van der Waals surface area contributed by atoms with Gasteiger partial charge in [-0.3, -0.25) is 4.90 Å². The maximum Gasteiger partial charge on any atom is 0.151 e. The Labute approximate surface area is 145 Å². The zero-order valence-corrected chi connectivity index (χ0v) is 15.0. The van der Waals surface area contributed by atoms with Gasteiger partial charge in [-0.1, -0.05) is 31.4 Å². The molecule has 0 aromatic carbocycles. The monoisotopic (exact) mass is 356 g/mol. The predicted octanol–water partition coefficient (Wildman–Crippen LogP) is 3.56. The molecule has 124 valence electrons. The minimum Gasteiger partial charge on any atom is -0.344 e. The molecule has 0 spiro atoms. The second-order valence-electron chi connectivity index (χ2n) is 5.55. The van der Waals surface area contributed by atoms with Gasteiger partial charge in [-0.15, -0.1) is 24.8 Å². The van der Waals surface area contributed by atoms with Crippen molar-refractivity contribution in [3.63, 3.8) is 0 Å². The molecule has 4 nitrogen and oxygen atoms in total. The highest BCUT2D eigenvalue weighted by molar-refractivity contribution is 6.30. The number of rotatable bonds is 5. The summed E-state index contributed by atoms with van der Waals surface area (Å²) in [7, 11) is 0. The molecule has 1 saturated heterocycles. The highest BCUT2D eigenvalue weighted by Crippen LogP contribution is 2.18. The standard InChI is InChI=1S/C14H25ClN4.2ClH/c1-2-3-7-13-17-12(14(15)18-13)10-19-8-5-4-6-11(16)9-19;;/h11H,2-10,16H2,1H3,(H,17,18);2*1H. The fraction of sp³-hybridized carbons (Fsp3) is 0.786. The van der Waals surface area contributed by atoms with E-state index in [2.05, 4.69) is 21.8 Å². The van der Waals surface area contributed by atoms with Crippen LogP contribution >= 0.6 is 36.4 Å². The van der Waals surface area contributed by atoms with Crippen LogP contribution in [0, 0.1) is 0 Å². The molecule has 21 heavy (non-hydrogen) atoms. The number of unbranched alkanes of at least 4 members (excludes halogenated alkanes) is 1. The average Bonchev–Trinajstić information content (AvgIpc) is 2.58. The minimum atomic E-state index is 0. The quantitative estimate of drug-likeness (QED) is 0.847. The van der Waals surface area contributed by atoms with Crippen LogP contribution in [0.5, 0.6) is 0 Å². The summed E-state index contributed by atoms with van der Waals surface area (Å²) in [5.74, 6) is 1.01. The summed E-state index contributed by atoms with van der Waals surface area (Å²) in [5.41, 5.74) is 7.13. The first-order chi connectivity index (χ1) is 9.19. The van der Waals surface area contributed by atoms with Crippen LogP contribution in [-0.4, -0.2) is 34.0 Å². The van der Waals surface area contributed by atoms with Gasteiger partial charge in [0.05, 0.1) is 5.69 Å². The molecule has 0 aliphatic carbocycles. The molecule has 0 saturated carbocycles. The van der Waals surface area contributed by atoms with Gasteiger partial charge < -0.3 is 10.7 Å². The lowest BCUT2D eigenvalue weighted by atomic mass is 10.2. The number of nitrogens with one attached hydrogen (secondary N) is 1. The molecule has 1 aromatic heterocycles. The number of aryl methyl sites for hydroxylation is 1. The number of hydrogen-bond acceptors (Lipinski definition) is 3. The zero-order chi connectivity index (χ0) is 13.7. The highest BCUT2D eigenvalue weighted by atomic mass is 35.5. The first kappa shape index (κ1) is 21.0. The second-order valence-corrected chi connectivity index (χ2v) is 5.91. The topological polar surface area (TPSA) is 57.9 Å². The number of halogens is 3. The lowest BCUT2D eigenvalue weighted by Gasteiger charge is -2.21. The lowest BCUT2D eigenvalue weighted by Crippen LogP contribution is -2.35. The van der Waals surface area contributed by atoms with E-state index >= 15 is 0 Å². The molecule has 0 radical (unpaired) electrons. The molecule has 1 unspecified atom stereocenters. The molecule has 2 heterocycles. The summed E-state index contributed by atoms with van der Waals surface area (Å²) in [4.78, 5) is 10.2. The van der Waals surface area contributed by atoms with Crippen molar-refractivity contribution in [1.82, 2.24) is 14.9 Å². The molecule has 1 aliphatic rings. The molecule has 7 heteroatoms. The Bertz CT molecular complexity index is 398. The number of aromatic nitrogens is 2. The van der Waals surface area contributed by atoms with Crippen LogP contribution in [0.15, 0.2) is 0 Å². The van der Waals surface area contributed by atoms with E-state index in [0.29, 0.717) is 11.2 Å². The van der Waals surface area contributed by atoms with Gasteiger partial charge in [-0.25, -0.2) is 4.98 Å². The molecular formula is C14H27Cl3N4. The first-order valence-corrected chi connectivity index (χ1v) is 7.78. The van der Waals surface area contributed by atoms with Crippen molar-refractivity contribution in [2.75, 3.05) is 13.1 Å². The Morgan fingerprint density at radius 3 is 2.86 bits per heavy atom. The van der Waals surface area contributed by atoms with Crippen molar-refractivity contribution in [1.29, 1.82) is 0 Å². The van der Waals surface area contributed by atoms with Gasteiger partial charge >= 0.3 is 0 Å². The third kappa shape index (κ3) is 6.74. The lowest BCUT2D eigenvalue weighted by molar-refractivity contribution is 0.262. The van der Waals surface area contributed by atoms with Crippen LogP contribution in [0.1, 0.15) is 50.5 Å². The van der Waals surface area contributed by atoms with Crippen molar-refractivity contribution in [2.24, 2.45) is 5.73 Å². The summed E-state index contributed by atoms with van der Waals surface area (Å²) in [5, 5.41) is 0.629. The number of nitrogens with zero attached hydrogens (tertiary/aromatic N) is 2. The Kier molecular flexibility index (Phi) is 10.7. The van der Waals surface area contributed by atoms with Crippen LogP contribution in [-0.2, 0) is 13.0 Å². The molecule has 0 bridgehead atoms. The van der Waals surface area contributed by atoms with Crippen molar-refractivity contribution in [3.8, 4) is 0 Å². The van der Waals surface area contributed by atoms with Crippen LogP contribution in [0.25, 0.3) is 0 Å². The molecule has 2 rings (SSSR count). The molecule has 1 fully saturated rings. The minimum absolute atomic E-state index is 0. The number of nitrogens with two attached hydrogens (primary N) is 1. The van der Waals surface area contributed by atoms with Gasteiger partial charge in [0.1, 0.15) is 5.82 Å². The molecule has 1 atom stereocenters. The molecule has 0 amide bonds. The Morgan fingerprint density at radius 2 is 2.14 bits per heavy atom. The van der Waals surface area contributed by atoms with Gasteiger partial charge in [0.2, 0.25) is 0 Å². The predicted molar refractivity (Wildman–Crippen MR) is 93.8 cm³/mol. The first-order valence-electron chi connectivity index (χ1n) is 7.40. The summed E-state index contributed by atoms with van der Waals surface area (Å²) in [6.07, 6.45) is 6.90.